The van der Waals surface area contributed by atoms with E-state index in [-0.39, 0.29) is 0 Å². The fourth-order valence-corrected chi connectivity index (χ4v) is 0.859. The molecule has 0 fully saturated rings. The van der Waals surface area contributed by atoms with Gasteiger partial charge in [0.1, 0.15) is 0 Å². The molecule has 1 rings (SSSR count). The minimum atomic E-state index is 0.406. The molecule has 1 aromatic heterocycles. The van der Waals surface area contributed by atoms with Crippen LogP contribution in [-0.2, 0) is 0 Å². The van der Waals surface area contributed by atoms with Crippen molar-refractivity contribution >= 4 is 11.3 Å². The highest BCUT2D eigenvalue weighted by molar-refractivity contribution is 5.97. The van der Waals surface area contributed by atoms with Crippen molar-refractivity contribution in [1.29, 1.82) is 5.41 Å². The maximum atomic E-state index is 7.39. The van der Waals surface area contributed by atoms with Crippen LogP contribution in [0.4, 0.5) is 0 Å². The molecule has 4 nitrogen and oxygen atoms in total. The number of nitrogens with zero attached hydrogens (tertiary/aromatic N) is 2. The Bertz CT molecular complexity index is 401. The van der Waals surface area contributed by atoms with Crippen LogP contribution in [0.5, 0.6) is 0 Å². The zero-order valence-electron chi connectivity index (χ0n) is 8.59. The van der Waals surface area contributed by atoms with Crippen molar-refractivity contribution in [3.63, 3.8) is 0 Å². The lowest BCUT2D eigenvalue weighted by Crippen LogP contribution is -1.91. The topological polar surface area (TPSA) is 62.8 Å². The molecule has 0 aromatic carbocycles. The third kappa shape index (κ3) is 2.39. The number of aryl methyl sites for hydroxylation is 1. The van der Waals surface area contributed by atoms with Crippen molar-refractivity contribution < 1.29 is 4.52 Å². The lowest BCUT2D eigenvalue weighted by molar-refractivity contribution is 0.403. The van der Waals surface area contributed by atoms with E-state index in [0.717, 1.165) is 5.57 Å². The van der Waals surface area contributed by atoms with E-state index in [1.54, 1.807) is 19.9 Å². The van der Waals surface area contributed by atoms with Crippen molar-refractivity contribution in [2.45, 2.75) is 20.8 Å². The van der Waals surface area contributed by atoms with Crippen LogP contribution in [0.15, 0.2) is 22.8 Å². The average Bonchev–Trinajstić information content (AvgIpc) is 2.51. The second kappa shape index (κ2) is 4.00. The fraction of sp³-hybridized carbons (Fsp3) is 0.300. The smallest absolute Gasteiger partial charge is 0.257 e. The number of hydrogen-bond donors (Lipinski definition) is 1. The van der Waals surface area contributed by atoms with Crippen molar-refractivity contribution in [2.24, 2.45) is 0 Å². The Balaban J connectivity index is 2.87. The highest BCUT2D eigenvalue weighted by Crippen LogP contribution is 2.13. The van der Waals surface area contributed by atoms with E-state index in [1.807, 2.05) is 6.92 Å². The van der Waals surface area contributed by atoms with Crippen molar-refractivity contribution in [3.8, 4) is 0 Å². The molecule has 0 saturated heterocycles. The molecule has 0 amide bonds. The van der Waals surface area contributed by atoms with Crippen LogP contribution >= 0.6 is 0 Å². The Hall–Kier alpha value is -1.71. The summed E-state index contributed by atoms with van der Waals surface area (Å²) >= 11 is 0. The molecule has 1 heterocycles. The maximum absolute atomic E-state index is 7.39. The van der Waals surface area contributed by atoms with Gasteiger partial charge in [0.25, 0.3) is 5.89 Å². The second-order valence-electron chi connectivity index (χ2n) is 3.12. The number of rotatable bonds is 3. The van der Waals surface area contributed by atoms with Crippen molar-refractivity contribution in [1.82, 2.24) is 10.1 Å². The van der Waals surface area contributed by atoms with Gasteiger partial charge < -0.3 is 9.93 Å². The molecule has 0 spiro atoms. The van der Waals surface area contributed by atoms with Gasteiger partial charge in [-0.1, -0.05) is 11.7 Å². The van der Waals surface area contributed by atoms with Crippen molar-refractivity contribution in [2.75, 3.05) is 0 Å². The lowest BCUT2D eigenvalue weighted by atomic mass is 10.1. The van der Waals surface area contributed by atoms with E-state index in [4.69, 9.17) is 9.93 Å². The SMILES string of the molecule is C=C(/C=C(/C)C(C)=N)c1nc(C)no1. The van der Waals surface area contributed by atoms with Crippen LogP contribution in [0, 0.1) is 12.3 Å². The first kappa shape index (κ1) is 10.4. The number of aromatic nitrogens is 2. The van der Waals surface area contributed by atoms with E-state index in [2.05, 4.69) is 16.7 Å². The Labute approximate surface area is 82.8 Å². The first-order chi connectivity index (χ1) is 6.50. The van der Waals surface area contributed by atoms with Gasteiger partial charge in [-0.15, -0.1) is 0 Å². The van der Waals surface area contributed by atoms with Gasteiger partial charge in [-0.2, -0.15) is 4.98 Å². The van der Waals surface area contributed by atoms with E-state index in [0.29, 0.717) is 23.0 Å². The normalized spacial score (nSPS) is 11.5. The van der Waals surface area contributed by atoms with Crippen LogP contribution < -0.4 is 0 Å². The molecule has 1 N–H and O–H groups in total. The van der Waals surface area contributed by atoms with Gasteiger partial charge in [-0.25, -0.2) is 0 Å². The molecule has 0 bridgehead atoms. The third-order valence-electron chi connectivity index (χ3n) is 1.78. The van der Waals surface area contributed by atoms with Gasteiger partial charge in [-0.3, -0.25) is 0 Å². The molecule has 0 aliphatic rings. The maximum Gasteiger partial charge on any atom is 0.257 e. The third-order valence-corrected chi connectivity index (χ3v) is 1.78. The molecule has 1 aromatic rings. The van der Waals surface area contributed by atoms with E-state index < -0.39 is 0 Å². The average molecular weight is 191 g/mol. The second-order valence-corrected chi connectivity index (χ2v) is 3.12. The number of allylic oxidation sites excluding steroid dienone is 3. The zero-order valence-corrected chi connectivity index (χ0v) is 8.59. The summed E-state index contributed by atoms with van der Waals surface area (Å²) in [5, 5.41) is 11.0. The van der Waals surface area contributed by atoms with Gasteiger partial charge in [0, 0.05) is 11.3 Å². The molecule has 14 heavy (non-hydrogen) atoms. The molecule has 0 atom stereocenters. The summed E-state index contributed by atoms with van der Waals surface area (Å²) < 4.78 is 4.93. The molecular formula is C10H13N3O. The predicted molar refractivity (Wildman–Crippen MR) is 55.2 cm³/mol. The van der Waals surface area contributed by atoms with Gasteiger partial charge in [0.05, 0.1) is 0 Å². The summed E-state index contributed by atoms with van der Waals surface area (Å²) in [4.78, 5) is 4.03. The highest BCUT2D eigenvalue weighted by atomic mass is 16.5. The van der Waals surface area contributed by atoms with E-state index >= 15 is 0 Å². The molecule has 0 saturated carbocycles. The summed E-state index contributed by atoms with van der Waals surface area (Å²) in [6, 6.07) is 0. The molecule has 0 aliphatic carbocycles. The predicted octanol–water partition coefficient (Wildman–Crippen LogP) is 2.38. The van der Waals surface area contributed by atoms with Crippen LogP contribution in [0.3, 0.4) is 0 Å². The largest absolute Gasteiger partial charge is 0.334 e. The van der Waals surface area contributed by atoms with Gasteiger partial charge in [-0.05, 0) is 32.4 Å². The van der Waals surface area contributed by atoms with Gasteiger partial charge in [0.15, 0.2) is 5.82 Å². The Morgan fingerprint density at radius 2 is 2.14 bits per heavy atom. The van der Waals surface area contributed by atoms with Crippen LogP contribution in [-0.4, -0.2) is 15.9 Å². The first-order valence-corrected chi connectivity index (χ1v) is 4.24. The van der Waals surface area contributed by atoms with E-state index in [1.165, 1.54) is 0 Å². The fourth-order valence-electron chi connectivity index (χ4n) is 0.859. The summed E-state index contributed by atoms with van der Waals surface area (Å²) in [6.07, 6.45) is 1.76. The Kier molecular flexibility index (Phi) is 2.96. The standard InChI is InChI=1S/C10H13N3O/c1-6(8(3)11)5-7(2)10-12-9(4)13-14-10/h5,11H,2H2,1,3-4H3/b6-5-,11-8?. The summed E-state index contributed by atoms with van der Waals surface area (Å²) in [5.41, 5.74) is 1.97. The van der Waals surface area contributed by atoms with Crippen LogP contribution in [0.1, 0.15) is 25.6 Å². The first-order valence-electron chi connectivity index (χ1n) is 4.24. The quantitative estimate of drug-likeness (QED) is 0.589. The van der Waals surface area contributed by atoms with Crippen LogP contribution in [0.25, 0.3) is 5.57 Å². The molecule has 74 valence electrons. The highest BCUT2D eigenvalue weighted by Gasteiger charge is 2.05. The van der Waals surface area contributed by atoms with E-state index in [9.17, 15) is 0 Å². The number of nitrogens with one attached hydrogen (secondary N) is 1. The summed E-state index contributed by atoms with van der Waals surface area (Å²) in [5.74, 6) is 0.988. The minimum Gasteiger partial charge on any atom is -0.334 e. The summed E-state index contributed by atoms with van der Waals surface area (Å²) in [7, 11) is 0. The Morgan fingerprint density at radius 1 is 1.50 bits per heavy atom. The minimum absolute atomic E-state index is 0.406. The molecular weight excluding hydrogens is 178 g/mol. The lowest BCUT2D eigenvalue weighted by Gasteiger charge is -1.96. The van der Waals surface area contributed by atoms with Crippen LogP contribution in [0.2, 0.25) is 0 Å². The molecule has 0 aliphatic heterocycles. The number of hydrogen-bond acceptors (Lipinski definition) is 4. The van der Waals surface area contributed by atoms with Gasteiger partial charge in [0.2, 0.25) is 0 Å². The monoisotopic (exact) mass is 191 g/mol. The summed E-state index contributed by atoms with van der Waals surface area (Å²) in [6.45, 7) is 9.10. The van der Waals surface area contributed by atoms with Gasteiger partial charge >= 0.3 is 0 Å². The van der Waals surface area contributed by atoms with Crippen molar-refractivity contribution in [3.05, 3.63) is 29.9 Å². The molecule has 4 heteroatoms. The molecule has 0 unspecified atom stereocenters. The Morgan fingerprint density at radius 3 is 2.57 bits per heavy atom. The zero-order chi connectivity index (χ0) is 10.7. The molecule has 0 radical (unpaired) electrons.